The maximum absolute atomic E-state index is 13.4. The Balaban J connectivity index is 1.41. The van der Waals surface area contributed by atoms with Crippen LogP contribution in [0.3, 0.4) is 0 Å². The highest BCUT2D eigenvalue weighted by Crippen LogP contribution is 2.55. The summed E-state index contributed by atoms with van der Waals surface area (Å²) in [6, 6.07) is 10.7. The van der Waals surface area contributed by atoms with E-state index < -0.39 is 15.4 Å². The summed E-state index contributed by atoms with van der Waals surface area (Å²) in [5.41, 5.74) is 3.85. The van der Waals surface area contributed by atoms with Gasteiger partial charge in [0.05, 0.1) is 35.0 Å². The number of sulfonamides is 1. The van der Waals surface area contributed by atoms with Crippen LogP contribution in [0, 0.1) is 11.3 Å². The minimum Gasteiger partial charge on any atom is -0.476 e. The monoisotopic (exact) mass is 597 g/mol. The van der Waals surface area contributed by atoms with Crippen molar-refractivity contribution in [2.75, 3.05) is 43.9 Å². The van der Waals surface area contributed by atoms with Crippen LogP contribution in [-0.4, -0.2) is 68.5 Å². The van der Waals surface area contributed by atoms with Gasteiger partial charge in [0.2, 0.25) is 11.8 Å². The normalized spacial score (nSPS) is 15.4. The third-order valence-electron chi connectivity index (χ3n) is 8.18. The Morgan fingerprint density at radius 2 is 1.91 bits per heavy atom. The number of pyridine rings is 3. The van der Waals surface area contributed by atoms with Gasteiger partial charge < -0.3 is 14.5 Å². The van der Waals surface area contributed by atoms with Gasteiger partial charge in [-0.1, -0.05) is 12.5 Å². The summed E-state index contributed by atoms with van der Waals surface area (Å²) in [5.74, 6) is 0.247. The number of fused-ring (bicyclic) bond motifs is 4. The lowest BCUT2D eigenvalue weighted by atomic mass is 9.64. The van der Waals surface area contributed by atoms with Crippen LogP contribution in [-0.2, 0) is 20.2 Å². The summed E-state index contributed by atoms with van der Waals surface area (Å²) in [7, 11) is 1.60. The summed E-state index contributed by atoms with van der Waals surface area (Å²) in [5, 5.41) is 10.1. The number of nitriles is 1. The highest BCUT2D eigenvalue weighted by Gasteiger charge is 2.54. The second-order valence-electron chi connectivity index (χ2n) is 11.3. The van der Waals surface area contributed by atoms with Gasteiger partial charge in [-0.15, -0.1) is 0 Å². The molecule has 0 bridgehead atoms. The van der Waals surface area contributed by atoms with Crippen molar-refractivity contribution in [1.82, 2.24) is 19.9 Å². The second-order valence-corrected chi connectivity index (χ2v) is 12.9. The van der Waals surface area contributed by atoms with Gasteiger partial charge in [0.15, 0.2) is 0 Å². The SMILES string of the molecule is CN(C)CCCOc1ncc(-c2ccc3ncc4c(c3c2)C2(CCC2)C(=O)N4C)cc1NS(=O)(=O)c1cncc(C#N)c1. The van der Waals surface area contributed by atoms with Crippen LogP contribution in [0.5, 0.6) is 5.88 Å². The Kier molecular flexibility index (Phi) is 7.23. The molecule has 0 atom stereocenters. The highest BCUT2D eigenvalue weighted by molar-refractivity contribution is 7.92. The number of ether oxygens (including phenoxy) is 1. The first kappa shape index (κ1) is 28.5. The number of amides is 1. The molecule has 3 aromatic heterocycles. The van der Waals surface area contributed by atoms with Crippen molar-refractivity contribution in [3.05, 3.63) is 66.2 Å². The van der Waals surface area contributed by atoms with Gasteiger partial charge in [-0.2, -0.15) is 5.26 Å². The first-order valence-corrected chi connectivity index (χ1v) is 15.5. The van der Waals surface area contributed by atoms with Crippen LogP contribution >= 0.6 is 0 Å². The minimum atomic E-state index is -4.12. The number of carbonyl (C=O) groups excluding carboxylic acids is 1. The molecule has 4 heterocycles. The van der Waals surface area contributed by atoms with Crippen molar-refractivity contribution in [3.8, 4) is 23.1 Å². The van der Waals surface area contributed by atoms with Gasteiger partial charge in [-0.05, 0) is 63.2 Å². The van der Waals surface area contributed by atoms with Crippen LogP contribution in [0.15, 0.2) is 60.0 Å². The van der Waals surface area contributed by atoms with Crippen LogP contribution in [0.2, 0.25) is 0 Å². The molecule has 220 valence electrons. The average molecular weight is 598 g/mol. The minimum absolute atomic E-state index is 0.109. The van der Waals surface area contributed by atoms with Crippen LogP contribution in [0.1, 0.15) is 36.8 Å². The van der Waals surface area contributed by atoms with E-state index in [2.05, 4.69) is 19.7 Å². The Morgan fingerprint density at radius 1 is 1.09 bits per heavy atom. The molecule has 0 unspecified atom stereocenters. The van der Waals surface area contributed by atoms with E-state index >= 15 is 0 Å². The molecule has 1 fully saturated rings. The zero-order chi connectivity index (χ0) is 30.4. The lowest BCUT2D eigenvalue weighted by Crippen LogP contribution is -2.43. The molecular formula is C31H31N7O4S. The molecule has 1 aliphatic carbocycles. The van der Waals surface area contributed by atoms with E-state index in [9.17, 15) is 18.5 Å². The fraction of sp³-hybridized carbons (Fsp3) is 0.323. The average Bonchev–Trinajstić information content (AvgIpc) is 3.22. The molecule has 0 saturated heterocycles. The number of nitrogens with one attached hydrogen (secondary N) is 1. The summed E-state index contributed by atoms with van der Waals surface area (Å²) < 4.78 is 35.3. The van der Waals surface area contributed by atoms with Gasteiger partial charge in [0.25, 0.3) is 10.0 Å². The fourth-order valence-electron chi connectivity index (χ4n) is 5.83. The molecule has 1 spiro atoms. The first-order valence-electron chi connectivity index (χ1n) is 14.0. The summed E-state index contributed by atoms with van der Waals surface area (Å²) in [4.78, 5) is 29.9. The Hall–Kier alpha value is -4.60. The zero-order valence-electron chi connectivity index (χ0n) is 24.2. The quantitative estimate of drug-likeness (QED) is 0.282. The van der Waals surface area contributed by atoms with Crippen molar-refractivity contribution < 1.29 is 17.9 Å². The van der Waals surface area contributed by atoms with E-state index in [1.807, 2.05) is 43.3 Å². The lowest BCUT2D eigenvalue weighted by Gasteiger charge is -2.37. The van der Waals surface area contributed by atoms with Gasteiger partial charge in [-0.3, -0.25) is 19.5 Å². The molecule has 1 aromatic carbocycles. The Labute approximate surface area is 250 Å². The lowest BCUT2D eigenvalue weighted by molar-refractivity contribution is -0.125. The molecule has 2 aliphatic rings. The third-order valence-corrected chi connectivity index (χ3v) is 9.51. The van der Waals surface area contributed by atoms with Crippen LogP contribution in [0.25, 0.3) is 22.0 Å². The molecule has 1 amide bonds. The van der Waals surface area contributed by atoms with E-state index in [0.717, 1.165) is 53.5 Å². The molecule has 1 N–H and O–H groups in total. The molecular weight excluding hydrogens is 566 g/mol. The van der Waals surface area contributed by atoms with Gasteiger partial charge in [-0.25, -0.2) is 13.4 Å². The molecule has 1 aliphatic heterocycles. The number of rotatable bonds is 9. The van der Waals surface area contributed by atoms with E-state index in [-0.39, 0.29) is 27.9 Å². The Morgan fingerprint density at radius 3 is 2.63 bits per heavy atom. The van der Waals surface area contributed by atoms with Gasteiger partial charge in [0, 0.05) is 48.7 Å². The third kappa shape index (κ3) is 5.04. The van der Waals surface area contributed by atoms with Crippen molar-refractivity contribution in [1.29, 1.82) is 5.26 Å². The molecule has 4 aromatic rings. The number of likely N-dealkylation sites (N-methyl/N-ethyl adjacent to an activating group) is 1. The predicted octanol–water partition coefficient (Wildman–Crippen LogP) is 4.09. The molecule has 11 nitrogen and oxygen atoms in total. The summed E-state index contributed by atoms with van der Waals surface area (Å²) >= 11 is 0. The molecule has 0 radical (unpaired) electrons. The summed E-state index contributed by atoms with van der Waals surface area (Å²) in [6.07, 6.45) is 9.23. The summed E-state index contributed by atoms with van der Waals surface area (Å²) in [6.45, 7) is 1.13. The smallest absolute Gasteiger partial charge is 0.263 e. The molecule has 6 rings (SSSR count). The van der Waals surface area contributed by atoms with Crippen molar-refractivity contribution in [3.63, 3.8) is 0 Å². The van der Waals surface area contributed by atoms with Gasteiger partial charge >= 0.3 is 0 Å². The predicted molar refractivity (Wildman–Crippen MR) is 162 cm³/mol. The highest BCUT2D eigenvalue weighted by atomic mass is 32.2. The number of hydrogen-bond donors (Lipinski definition) is 1. The fourth-order valence-corrected chi connectivity index (χ4v) is 6.86. The van der Waals surface area contributed by atoms with Gasteiger partial charge in [0.1, 0.15) is 16.7 Å². The van der Waals surface area contributed by atoms with Crippen LogP contribution in [0.4, 0.5) is 11.4 Å². The van der Waals surface area contributed by atoms with E-state index in [1.165, 1.54) is 18.5 Å². The molecule has 12 heteroatoms. The second kappa shape index (κ2) is 10.9. The first-order chi connectivity index (χ1) is 20.6. The van der Waals surface area contributed by atoms with E-state index in [1.54, 1.807) is 30.4 Å². The number of nitrogens with zero attached hydrogens (tertiary/aromatic N) is 6. The topological polar surface area (TPSA) is 141 Å². The van der Waals surface area contributed by atoms with E-state index in [0.29, 0.717) is 18.6 Å². The molecule has 1 saturated carbocycles. The zero-order valence-corrected chi connectivity index (χ0v) is 25.0. The Bertz CT molecular complexity index is 1900. The number of aromatic nitrogens is 3. The molecule has 43 heavy (non-hydrogen) atoms. The number of carbonyl (C=O) groups is 1. The number of anilines is 2. The van der Waals surface area contributed by atoms with E-state index in [4.69, 9.17) is 4.74 Å². The largest absolute Gasteiger partial charge is 0.476 e. The standard InChI is InChI=1S/C31H31N7O4S/c1-37(2)10-5-11-42-29-26(36-43(40,41)23-12-20(15-32)16-33-18-23)14-22(17-35-29)21-6-7-25-24(13-21)28-27(19-34-25)38(3)30(39)31(28)8-4-9-31/h6-7,12-14,16-19,36H,4-5,8-11H2,1-3H3. The van der Waals surface area contributed by atoms with Crippen LogP contribution < -0.4 is 14.4 Å². The van der Waals surface area contributed by atoms with Crippen molar-refractivity contribution >= 4 is 38.2 Å². The van der Waals surface area contributed by atoms with Crippen molar-refractivity contribution in [2.24, 2.45) is 0 Å². The maximum atomic E-state index is 13.4. The number of benzene rings is 1. The maximum Gasteiger partial charge on any atom is 0.263 e. The van der Waals surface area contributed by atoms with Crippen molar-refractivity contribution in [2.45, 2.75) is 36.0 Å². The number of hydrogen-bond acceptors (Lipinski definition) is 9.